The third-order valence-corrected chi connectivity index (χ3v) is 2.35. The predicted octanol–water partition coefficient (Wildman–Crippen LogP) is 2.72. The molecule has 2 N–H and O–H groups in total. The molecule has 0 saturated carbocycles. The lowest BCUT2D eigenvalue weighted by molar-refractivity contribution is 0.252. The standard InChI is InChI=1S/C11H18ClN3O2/c1-11(2,3)8-7-9(15-17-8)14-10(16)13-6-4-5-12/h7H,4-6H2,1-3H3,(H2,13,14,15,16). The van der Waals surface area contributed by atoms with Gasteiger partial charge in [-0.1, -0.05) is 25.9 Å². The van der Waals surface area contributed by atoms with Crippen LogP contribution in [0.2, 0.25) is 0 Å². The number of carbonyl (C=O) groups excluding carboxylic acids is 1. The Hall–Kier alpha value is -1.23. The summed E-state index contributed by atoms with van der Waals surface area (Å²) < 4.78 is 5.14. The highest BCUT2D eigenvalue weighted by Crippen LogP contribution is 2.24. The first-order valence-electron chi connectivity index (χ1n) is 5.51. The quantitative estimate of drug-likeness (QED) is 0.645. The molecule has 96 valence electrons. The molecule has 1 rings (SSSR count). The Morgan fingerprint density at radius 3 is 2.76 bits per heavy atom. The number of hydrogen-bond acceptors (Lipinski definition) is 3. The van der Waals surface area contributed by atoms with E-state index in [1.807, 2.05) is 20.8 Å². The molecule has 2 amide bonds. The molecule has 0 aliphatic heterocycles. The maximum atomic E-state index is 11.4. The zero-order valence-corrected chi connectivity index (χ0v) is 11.1. The second-order valence-electron chi connectivity index (χ2n) is 4.75. The molecule has 1 aromatic heterocycles. The van der Waals surface area contributed by atoms with Crippen LogP contribution in [0.3, 0.4) is 0 Å². The summed E-state index contributed by atoms with van der Waals surface area (Å²) in [7, 11) is 0. The second kappa shape index (κ2) is 5.91. The van der Waals surface area contributed by atoms with Crippen LogP contribution in [0.5, 0.6) is 0 Å². The van der Waals surface area contributed by atoms with E-state index in [1.165, 1.54) is 0 Å². The summed E-state index contributed by atoms with van der Waals surface area (Å²) in [6, 6.07) is 1.42. The van der Waals surface area contributed by atoms with Crippen LogP contribution in [-0.4, -0.2) is 23.6 Å². The van der Waals surface area contributed by atoms with Crippen molar-refractivity contribution in [1.82, 2.24) is 10.5 Å². The van der Waals surface area contributed by atoms with Gasteiger partial charge in [-0.15, -0.1) is 11.6 Å². The molecule has 0 unspecified atom stereocenters. The lowest BCUT2D eigenvalue weighted by Crippen LogP contribution is -2.29. The summed E-state index contributed by atoms with van der Waals surface area (Å²) in [5.74, 6) is 1.67. The van der Waals surface area contributed by atoms with E-state index in [1.54, 1.807) is 6.07 Å². The Bertz CT molecular complexity index is 371. The van der Waals surface area contributed by atoms with E-state index in [-0.39, 0.29) is 11.4 Å². The van der Waals surface area contributed by atoms with Gasteiger partial charge in [-0.25, -0.2) is 4.79 Å². The summed E-state index contributed by atoms with van der Waals surface area (Å²) in [6.07, 6.45) is 0.737. The Labute approximate surface area is 106 Å². The minimum Gasteiger partial charge on any atom is -0.359 e. The SMILES string of the molecule is CC(C)(C)c1cc(NC(=O)NCCCCl)no1. The number of nitrogens with zero attached hydrogens (tertiary/aromatic N) is 1. The number of rotatable bonds is 4. The van der Waals surface area contributed by atoms with Gasteiger partial charge in [0.15, 0.2) is 5.82 Å². The minimum atomic E-state index is -0.302. The van der Waals surface area contributed by atoms with Crippen LogP contribution < -0.4 is 10.6 Å². The van der Waals surface area contributed by atoms with Crippen molar-refractivity contribution in [1.29, 1.82) is 0 Å². The number of nitrogens with one attached hydrogen (secondary N) is 2. The molecule has 5 nitrogen and oxygen atoms in total. The number of urea groups is 1. The van der Waals surface area contributed by atoms with Crippen LogP contribution in [0.15, 0.2) is 10.6 Å². The lowest BCUT2D eigenvalue weighted by Gasteiger charge is -2.12. The number of alkyl halides is 1. The molecule has 0 aliphatic rings. The number of halogens is 1. The summed E-state index contributed by atoms with van der Waals surface area (Å²) in [6.45, 7) is 6.58. The first kappa shape index (κ1) is 13.8. The third-order valence-electron chi connectivity index (χ3n) is 2.09. The monoisotopic (exact) mass is 259 g/mol. The molecule has 17 heavy (non-hydrogen) atoms. The highest BCUT2D eigenvalue weighted by molar-refractivity contribution is 6.17. The van der Waals surface area contributed by atoms with Gasteiger partial charge in [-0.3, -0.25) is 5.32 Å². The Morgan fingerprint density at radius 1 is 1.53 bits per heavy atom. The van der Waals surface area contributed by atoms with Crippen molar-refractivity contribution in [3.05, 3.63) is 11.8 Å². The van der Waals surface area contributed by atoms with Crippen molar-refractivity contribution in [2.75, 3.05) is 17.7 Å². The number of anilines is 1. The van der Waals surface area contributed by atoms with Crippen LogP contribution >= 0.6 is 11.6 Å². The Kier molecular flexibility index (Phi) is 4.81. The maximum Gasteiger partial charge on any atom is 0.320 e. The fourth-order valence-corrected chi connectivity index (χ4v) is 1.25. The summed E-state index contributed by atoms with van der Waals surface area (Å²) in [4.78, 5) is 11.4. The number of carbonyl (C=O) groups is 1. The molecule has 1 aromatic rings. The number of aromatic nitrogens is 1. The summed E-state index contributed by atoms with van der Waals surface area (Å²) in [5.41, 5.74) is -0.123. The molecule has 0 spiro atoms. The van der Waals surface area contributed by atoms with Crippen LogP contribution in [-0.2, 0) is 5.41 Å². The van der Waals surface area contributed by atoms with Crippen molar-refractivity contribution in [2.24, 2.45) is 0 Å². The fraction of sp³-hybridized carbons (Fsp3) is 0.636. The molecule has 0 saturated heterocycles. The van der Waals surface area contributed by atoms with Gasteiger partial charge in [0.25, 0.3) is 0 Å². The molecule has 1 heterocycles. The topological polar surface area (TPSA) is 67.2 Å². The van der Waals surface area contributed by atoms with Crippen molar-refractivity contribution in [2.45, 2.75) is 32.6 Å². The maximum absolute atomic E-state index is 11.4. The van der Waals surface area contributed by atoms with Gasteiger partial charge in [-0.2, -0.15) is 0 Å². The van der Waals surface area contributed by atoms with Crippen molar-refractivity contribution < 1.29 is 9.32 Å². The molecule has 0 aromatic carbocycles. The number of amides is 2. The predicted molar refractivity (Wildman–Crippen MR) is 67.6 cm³/mol. The van der Waals surface area contributed by atoms with Gasteiger partial charge < -0.3 is 9.84 Å². The van der Waals surface area contributed by atoms with Gasteiger partial charge in [0.2, 0.25) is 0 Å². The third kappa shape index (κ3) is 4.65. The molecule has 0 radical (unpaired) electrons. The first-order valence-corrected chi connectivity index (χ1v) is 6.05. The molecule has 0 aliphatic carbocycles. The average Bonchev–Trinajstić information content (AvgIpc) is 2.66. The molecule has 0 bridgehead atoms. The van der Waals surface area contributed by atoms with Crippen LogP contribution in [0, 0.1) is 0 Å². The van der Waals surface area contributed by atoms with E-state index < -0.39 is 0 Å². The highest BCUT2D eigenvalue weighted by Gasteiger charge is 2.20. The Balaban J connectivity index is 2.46. The summed E-state index contributed by atoms with van der Waals surface area (Å²) in [5, 5.41) is 9.04. The van der Waals surface area contributed by atoms with Gasteiger partial charge >= 0.3 is 6.03 Å². The highest BCUT2D eigenvalue weighted by atomic mass is 35.5. The zero-order valence-electron chi connectivity index (χ0n) is 10.3. The second-order valence-corrected chi connectivity index (χ2v) is 5.13. The van der Waals surface area contributed by atoms with Gasteiger partial charge in [0.1, 0.15) is 5.76 Å². The van der Waals surface area contributed by atoms with Gasteiger partial charge in [-0.05, 0) is 6.42 Å². The fourth-order valence-electron chi connectivity index (χ4n) is 1.12. The summed E-state index contributed by atoms with van der Waals surface area (Å²) >= 11 is 5.50. The zero-order chi connectivity index (χ0) is 12.9. The largest absolute Gasteiger partial charge is 0.359 e. The smallest absolute Gasteiger partial charge is 0.320 e. The Morgan fingerprint density at radius 2 is 2.24 bits per heavy atom. The van der Waals surface area contributed by atoms with Crippen LogP contribution in [0.1, 0.15) is 33.0 Å². The van der Waals surface area contributed by atoms with Crippen LogP contribution in [0.25, 0.3) is 0 Å². The number of hydrogen-bond donors (Lipinski definition) is 2. The average molecular weight is 260 g/mol. The van der Waals surface area contributed by atoms with Gasteiger partial charge in [0.05, 0.1) is 0 Å². The van der Waals surface area contributed by atoms with E-state index >= 15 is 0 Å². The van der Waals surface area contributed by atoms with E-state index in [0.717, 1.165) is 12.2 Å². The minimum absolute atomic E-state index is 0.123. The van der Waals surface area contributed by atoms with Crippen molar-refractivity contribution in [3.8, 4) is 0 Å². The van der Waals surface area contributed by atoms with E-state index in [4.69, 9.17) is 16.1 Å². The van der Waals surface area contributed by atoms with Crippen molar-refractivity contribution >= 4 is 23.4 Å². The molecular weight excluding hydrogens is 242 g/mol. The molecule has 6 heteroatoms. The molecular formula is C11H18ClN3O2. The molecule has 0 atom stereocenters. The lowest BCUT2D eigenvalue weighted by atomic mass is 9.93. The first-order chi connectivity index (χ1) is 7.93. The normalized spacial score (nSPS) is 11.3. The molecule has 0 fully saturated rings. The van der Waals surface area contributed by atoms with Crippen molar-refractivity contribution in [3.63, 3.8) is 0 Å². The van der Waals surface area contributed by atoms with E-state index in [9.17, 15) is 4.79 Å². The van der Waals surface area contributed by atoms with Crippen LogP contribution in [0.4, 0.5) is 10.6 Å². The van der Waals surface area contributed by atoms with E-state index in [0.29, 0.717) is 18.2 Å². The van der Waals surface area contributed by atoms with Gasteiger partial charge in [0, 0.05) is 23.9 Å². The van der Waals surface area contributed by atoms with E-state index in [2.05, 4.69) is 15.8 Å².